The van der Waals surface area contributed by atoms with Crippen LogP contribution in [-0.4, -0.2) is 52.1 Å². The second kappa shape index (κ2) is 6.50. The Morgan fingerprint density at radius 2 is 1.63 bits per heavy atom. The van der Waals surface area contributed by atoms with Gasteiger partial charge in [-0.05, 0) is 93.3 Å². The molecule has 2 N–H and O–H groups in total. The Kier molecular flexibility index (Phi) is 4.43. The lowest BCUT2D eigenvalue weighted by Crippen LogP contribution is -2.66. The fourth-order valence-corrected chi connectivity index (χ4v) is 12.2. The predicted molar refractivity (Wildman–Crippen MR) is 132 cm³/mol. The van der Waals surface area contributed by atoms with Gasteiger partial charge in [-0.2, -0.15) is 0 Å². The maximum absolute atomic E-state index is 10.9. The van der Waals surface area contributed by atoms with Crippen LogP contribution in [-0.2, 0) is 14.2 Å². The van der Waals surface area contributed by atoms with E-state index in [0.29, 0.717) is 17.8 Å². The molecule has 4 aliphatic carbocycles. The molecular formula is C30H48O5. The number of rotatable bonds is 1. The molecule has 0 unspecified atom stereocenters. The van der Waals surface area contributed by atoms with Crippen LogP contribution in [0.2, 0.25) is 0 Å². The molecule has 35 heavy (non-hydrogen) atoms. The lowest BCUT2D eigenvalue weighted by atomic mass is 9.35. The summed E-state index contributed by atoms with van der Waals surface area (Å²) in [5.74, 6) is 1.52. The summed E-state index contributed by atoms with van der Waals surface area (Å²) < 4.78 is 20.5. The standard InChI is InChI=1S/C30H48O5/c1-24(2)18-10-13-27(6)19(26(18,5)12-11-20(24)31)9-8-17-23-28(7)22(14-21(34-28)25(3,4)32)35-30(23)15-29(17,27)16-33-30/h17-23,31-32H,8-16H2,1-7H3/t17-,18+,19-,20+,21-,22-,23+,26+,27-,28+,29+,30+/m1/s1. The van der Waals surface area contributed by atoms with Crippen molar-refractivity contribution in [2.75, 3.05) is 6.61 Å². The minimum atomic E-state index is -0.866. The maximum atomic E-state index is 10.9. The number of ether oxygens (including phenoxy) is 3. The van der Waals surface area contributed by atoms with E-state index in [0.717, 1.165) is 32.3 Å². The van der Waals surface area contributed by atoms with Gasteiger partial charge in [-0.3, -0.25) is 0 Å². The first kappa shape index (κ1) is 23.9. The lowest BCUT2D eigenvalue weighted by molar-refractivity contribution is -0.270. The van der Waals surface area contributed by atoms with E-state index in [1.54, 1.807) is 0 Å². The van der Waals surface area contributed by atoms with Crippen LogP contribution in [0.4, 0.5) is 0 Å². The highest BCUT2D eigenvalue weighted by Gasteiger charge is 2.84. The Morgan fingerprint density at radius 1 is 0.886 bits per heavy atom. The summed E-state index contributed by atoms with van der Waals surface area (Å²) in [4.78, 5) is 0. The van der Waals surface area contributed by atoms with Gasteiger partial charge in [-0.1, -0.05) is 27.7 Å². The van der Waals surface area contributed by atoms with Crippen molar-refractivity contribution in [2.24, 2.45) is 45.3 Å². The molecule has 5 nitrogen and oxygen atoms in total. The van der Waals surface area contributed by atoms with Crippen LogP contribution in [0.15, 0.2) is 0 Å². The number of fused-ring (bicyclic) bond motifs is 6. The van der Waals surface area contributed by atoms with Gasteiger partial charge in [-0.15, -0.1) is 0 Å². The molecule has 0 radical (unpaired) electrons. The molecule has 5 heteroatoms. The van der Waals surface area contributed by atoms with Crippen LogP contribution in [0, 0.1) is 45.3 Å². The van der Waals surface area contributed by atoms with Crippen molar-refractivity contribution in [3.05, 3.63) is 0 Å². The van der Waals surface area contributed by atoms with Gasteiger partial charge in [0.05, 0.1) is 30.5 Å². The Labute approximate surface area is 211 Å². The smallest absolute Gasteiger partial charge is 0.175 e. The van der Waals surface area contributed by atoms with Gasteiger partial charge in [0.25, 0.3) is 0 Å². The van der Waals surface area contributed by atoms with E-state index in [-0.39, 0.29) is 45.9 Å². The zero-order chi connectivity index (χ0) is 25.0. The molecule has 3 saturated heterocycles. The van der Waals surface area contributed by atoms with Crippen LogP contribution < -0.4 is 0 Å². The second-order valence-electron chi connectivity index (χ2n) is 15.8. The topological polar surface area (TPSA) is 68.2 Å². The molecule has 198 valence electrons. The Bertz CT molecular complexity index is 942. The van der Waals surface area contributed by atoms with Crippen LogP contribution in [0.5, 0.6) is 0 Å². The van der Waals surface area contributed by atoms with Gasteiger partial charge in [0.1, 0.15) is 5.60 Å². The highest BCUT2D eigenvalue weighted by molar-refractivity contribution is 5.28. The molecule has 12 atom stereocenters. The zero-order valence-electron chi connectivity index (χ0n) is 23.0. The van der Waals surface area contributed by atoms with E-state index >= 15 is 0 Å². The fraction of sp³-hybridized carbons (Fsp3) is 1.00. The highest BCUT2D eigenvalue weighted by atomic mass is 16.7. The summed E-state index contributed by atoms with van der Waals surface area (Å²) in [5.41, 5.74) is -0.647. The van der Waals surface area contributed by atoms with E-state index in [1.807, 2.05) is 13.8 Å². The third-order valence-corrected chi connectivity index (χ3v) is 13.9. The van der Waals surface area contributed by atoms with Crippen LogP contribution in [0.3, 0.4) is 0 Å². The number of hydrogen-bond acceptors (Lipinski definition) is 5. The maximum Gasteiger partial charge on any atom is 0.175 e. The molecular weight excluding hydrogens is 440 g/mol. The summed E-state index contributed by atoms with van der Waals surface area (Å²) >= 11 is 0. The van der Waals surface area contributed by atoms with E-state index < -0.39 is 17.0 Å². The van der Waals surface area contributed by atoms with Gasteiger partial charge in [-0.25, -0.2) is 0 Å². The monoisotopic (exact) mass is 488 g/mol. The molecule has 3 heterocycles. The van der Waals surface area contributed by atoms with Crippen molar-refractivity contribution in [1.82, 2.24) is 0 Å². The predicted octanol–water partition coefficient (Wildman–Crippen LogP) is 5.07. The van der Waals surface area contributed by atoms with E-state index in [4.69, 9.17) is 14.2 Å². The summed E-state index contributed by atoms with van der Waals surface area (Å²) in [6.45, 7) is 16.7. The molecule has 0 amide bonds. The van der Waals surface area contributed by atoms with E-state index in [1.165, 1.54) is 25.7 Å². The third-order valence-electron chi connectivity index (χ3n) is 13.9. The highest BCUT2D eigenvalue weighted by Crippen LogP contribution is 2.81. The van der Waals surface area contributed by atoms with Crippen molar-refractivity contribution >= 4 is 0 Å². The Balaban J connectivity index is 1.27. The minimum absolute atomic E-state index is 0.000519. The van der Waals surface area contributed by atoms with Crippen molar-refractivity contribution in [1.29, 1.82) is 0 Å². The average Bonchev–Trinajstić information content (AvgIpc) is 3.43. The number of aliphatic hydroxyl groups excluding tert-OH is 1. The van der Waals surface area contributed by atoms with Crippen LogP contribution in [0.25, 0.3) is 0 Å². The van der Waals surface area contributed by atoms with E-state index in [2.05, 4.69) is 34.6 Å². The third kappa shape index (κ3) is 2.51. The quantitative estimate of drug-likeness (QED) is 0.540. The zero-order valence-corrected chi connectivity index (χ0v) is 23.0. The molecule has 2 spiro atoms. The first-order valence-corrected chi connectivity index (χ1v) is 14.5. The number of hydrogen-bond donors (Lipinski definition) is 2. The number of aliphatic hydroxyl groups is 2. The molecule has 7 aliphatic rings. The second-order valence-corrected chi connectivity index (χ2v) is 15.8. The first-order valence-electron chi connectivity index (χ1n) is 14.5. The first-order chi connectivity index (χ1) is 16.1. The van der Waals surface area contributed by atoms with Gasteiger partial charge >= 0.3 is 0 Å². The van der Waals surface area contributed by atoms with Crippen molar-refractivity contribution in [3.63, 3.8) is 0 Å². The van der Waals surface area contributed by atoms with Gasteiger partial charge < -0.3 is 24.4 Å². The van der Waals surface area contributed by atoms with Crippen LogP contribution in [0.1, 0.15) is 99.8 Å². The molecule has 4 saturated carbocycles. The SMILES string of the molecule is CC(C)(O)[C@H]1C[C@H]2O[C@]34C[C@]5(CO3)[C@H](CC[C@@H]3[C@@]6(C)CC[C@H](O)C(C)(C)[C@@H]6CC[C@]35C)[C@H]4[C@@]2(C)O1. The Hall–Kier alpha value is -0.200. The molecule has 0 aromatic heterocycles. The van der Waals surface area contributed by atoms with E-state index in [9.17, 15) is 10.2 Å². The molecule has 3 aliphatic heterocycles. The van der Waals surface area contributed by atoms with Crippen molar-refractivity contribution in [2.45, 2.75) is 135 Å². The molecule has 2 bridgehead atoms. The minimum Gasteiger partial charge on any atom is -0.393 e. The van der Waals surface area contributed by atoms with Gasteiger partial charge in [0, 0.05) is 24.2 Å². The fourth-order valence-electron chi connectivity index (χ4n) is 12.2. The molecule has 0 aromatic carbocycles. The molecule has 7 fully saturated rings. The summed E-state index contributed by atoms with van der Waals surface area (Å²) in [6.07, 6.45) is 8.39. The summed E-state index contributed by atoms with van der Waals surface area (Å²) in [6, 6.07) is 0. The van der Waals surface area contributed by atoms with Gasteiger partial charge in [0.2, 0.25) is 0 Å². The van der Waals surface area contributed by atoms with Crippen LogP contribution >= 0.6 is 0 Å². The average molecular weight is 489 g/mol. The Morgan fingerprint density at radius 3 is 2.34 bits per heavy atom. The lowest BCUT2D eigenvalue weighted by Gasteiger charge is -2.70. The normalized spacial score (nSPS) is 62.1. The van der Waals surface area contributed by atoms with Crippen molar-refractivity contribution < 1.29 is 24.4 Å². The summed E-state index contributed by atoms with van der Waals surface area (Å²) in [5, 5.41) is 21.7. The van der Waals surface area contributed by atoms with Gasteiger partial charge in [0.15, 0.2) is 5.79 Å². The molecule has 0 aromatic rings. The molecule has 7 rings (SSSR count). The summed E-state index contributed by atoms with van der Waals surface area (Å²) in [7, 11) is 0. The largest absolute Gasteiger partial charge is 0.393 e. The van der Waals surface area contributed by atoms with Crippen molar-refractivity contribution in [3.8, 4) is 0 Å².